The minimum Gasteiger partial charge on any atom is -0.389 e. The lowest BCUT2D eigenvalue weighted by atomic mass is 10.1. The molecule has 0 radical (unpaired) electrons. The van der Waals surface area contributed by atoms with Gasteiger partial charge in [0.2, 0.25) is 0 Å². The van der Waals surface area contributed by atoms with Gasteiger partial charge in [-0.2, -0.15) is 0 Å². The highest BCUT2D eigenvalue weighted by Crippen LogP contribution is 2.15. The van der Waals surface area contributed by atoms with E-state index < -0.39 is 0 Å². The Hall–Kier alpha value is -1.87. The number of benzene rings is 2. The van der Waals surface area contributed by atoms with Crippen molar-refractivity contribution in [2.24, 2.45) is 5.73 Å². The van der Waals surface area contributed by atoms with Crippen LogP contribution in [0.25, 0.3) is 0 Å². The largest absolute Gasteiger partial charge is 0.389 e. The Bertz CT molecular complexity index is 520. The Morgan fingerprint density at radius 1 is 1.06 bits per heavy atom. The first-order valence-electron chi connectivity index (χ1n) is 5.82. The first-order valence-corrected chi connectivity index (χ1v) is 6.22. The smallest absolute Gasteiger partial charge is 0.103 e. The van der Waals surface area contributed by atoms with Crippen molar-refractivity contribution in [3.8, 4) is 0 Å². The van der Waals surface area contributed by atoms with E-state index in [0.29, 0.717) is 4.99 Å². The van der Waals surface area contributed by atoms with Gasteiger partial charge in [0.05, 0.1) is 0 Å². The Morgan fingerprint density at radius 2 is 1.67 bits per heavy atom. The van der Waals surface area contributed by atoms with Gasteiger partial charge in [-0.15, -0.1) is 0 Å². The van der Waals surface area contributed by atoms with Crippen LogP contribution in [-0.4, -0.2) is 12.0 Å². The number of hydrogen-bond acceptors (Lipinski definition) is 2. The second-order valence-corrected chi connectivity index (χ2v) is 4.69. The fourth-order valence-corrected chi connectivity index (χ4v) is 1.96. The van der Waals surface area contributed by atoms with E-state index in [2.05, 4.69) is 36.2 Å². The molecule has 2 nitrogen and oxygen atoms in total. The number of hydrogen-bond donors (Lipinski definition) is 1. The van der Waals surface area contributed by atoms with Crippen LogP contribution in [0.15, 0.2) is 54.6 Å². The first-order chi connectivity index (χ1) is 8.66. The van der Waals surface area contributed by atoms with Gasteiger partial charge >= 0.3 is 0 Å². The molecule has 0 aliphatic heterocycles. The van der Waals surface area contributed by atoms with Crippen LogP contribution in [0.3, 0.4) is 0 Å². The van der Waals surface area contributed by atoms with Gasteiger partial charge in [-0.1, -0.05) is 54.7 Å². The maximum atomic E-state index is 5.58. The van der Waals surface area contributed by atoms with E-state index in [1.165, 1.54) is 11.3 Å². The summed E-state index contributed by atoms with van der Waals surface area (Å²) in [5.41, 5.74) is 8.93. The van der Waals surface area contributed by atoms with Crippen LogP contribution < -0.4 is 10.6 Å². The summed E-state index contributed by atoms with van der Waals surface area (Å²) in [6.07, 6.45) is 0. The fraction of sp³-hybridized carbons (Fsp3) is 0.133. The van der Waals surface area contributed by atoms with Crippen LogP contribution in [0.1, 0.15) is 11.1 Å². The number of thiocarbonyl (C=S) groups is 1. The fourth-order valence-electron chi connectivity index (χ4n) is 1.82. The molecular weight excluding hydrogens is 240 g/mol. The number of rotatable bonds is 4. The Morgan fingerprint density at radius 3 is 2.22 bits per heavy atom. The molecule has 0 amide bonds. The van der Waals surface area contributed by atoms with Crippen molar-refractivity contribution >= 4 is 22.9 Å². The highest BCUT2D eigenvalue weighted by Gasteiger charge is 2.02. The van der Waals surface area contributed by atoms with Crippen LogP contribution in [0.4, 0.5) is 5.69 Å². The van der Waals surface area contributed by atoms with Gasteiger partial charge in [0.25, 0.3) is 0 Å². The molecule has 3 heteroatoms. The van der Waals surface area contributed by atoms with Crippen LogP contribution in [0.2, 0.25) is 0 Å². The van der Waals surface area contributed by atoms with E-state index in [0.717, 1.165) is 12.1 Å². The minimum atomic E-state index is 0.443. The Kier molecular flexibility index (Phi) is 3.95. The zero-order chi connectivity index (χ0) is 13.0. The molecular formula is C15H16N2S. The van der Waals surface area contributed by atoms with Crippen molar-refractivity contribution in [1.82, 2.24) is 0 Å². The van der Waals surface area contributed by atoms with Gasteiger partial charge in [-0.05, 0) is 17.7 Å². The van der Waals surface area contributed by atoms with Gasteiger partial charge in [0.15, 0.2) is 0 Å². The molecule has 0 heterocycles. The summed E-state index contributed by atoms with van der Waals surface area (Å²) >= 11 is 4.94. The van der Waals surface area contributed by atoms with Gasteiger partial charge in [-0.25, -0.2) is 0 Å². The first kappa shape index (κ1) is 12.6. The lowest BCUT2D eigenvalue weighted by Crippen LogP contribution is -2.16. The topological polar surface area (TPSA) is 29.3 Å². The third-order valence-corrected chi connectivity index (χ3v) is 3.09. The van der Waals surface area contributed by atoms with Crippen molar-refractivity contribution < 1.29 is 0 Å². The highest BCUT2D eigenvalue weighted by atomic mass is 32.1. The summed E-state index contributed by atoms with van der Waals surface area (Å²) in [7, 11) is 2.08. The summed E-state index contributed by atoms with van der Waals surface area (Å²) in [5.74, 6) is 0. The quantitative estimate of drug-likeness (QED) is 0.853. The van der Waals surface area contributed by atoms with Crippen molar-refractivity contribution in [3.63, 3.8) is 0 Å². The lowest BCUT2D eigenvalue weighted by Gasteiger charge is -2.19. The molecule has 0 aliphatic carbocycles. The molecule has 0 saturated heterocycles. The molecule has 92 valence electrons. The zero-order valence-electron chi connectivity index (χ0n) is 10.3. The number of anilines is 1. The monoisotopic (exact) mass is 256 g/mol. The molecule has 0 unspecified atom stereocenters. The van der Waals surface area contributed by atoms with Gasteiger partial charge < -0.3 is 10.6 Å². The second kappa shape index (κ2) is 5.65. The van der Waals surface area contributed by atoms with Crippen LogP contribution in [-0.2, 0) is 6.54 Å². The molecule has 0 atom stereocenters. The van der Waals surface area contributed by atoms with Crippen LogP contribution in [0, 0.1) is 0 Å². The molecule has 0 spiro atoms. The van der Waals surface area contributed by atoms with E-state index in [4.69, 9.17) is 18.0 Å². The summed E-state index contributed by atoms with van der Waals surface area (Å²) in [6.45, 7) is 0.863. The molecule has 0 bridgehead atoms. The number of nitrogens with two attached hydrogens (primary N) is 1. The highest BCUT2D eigenvalue weighted by molar-refractivity contribution is 7.80. The molecule has 18 heavy (non-hydrogen) atoms. The van der Waals surface area contributed by atoms with E-state index >= 15 is 0 Å². The predicted octanol–water partition coefficient (Wildman–Crippen LogP) is 2.96. The summed E-state index contributed by atoms with van der Waals surface area (Å²) < 4.78 is 0. The Labute approximate surface area is 113 Å². The second-order valence-electron chi connectivity index (χ2n) is 4.25. The maximum Gasteiger partial charge on any atom is 0.103 e. The standard InChI is InChI=1S/C15H16N2S/c1-17(14-5-3-2-4-6-14)11-12-7-9-13(10-8-12)15(16)18/h2-10H,11H2,1H3,(H2,16,18). The lowest BCUT2D eigenvalue weighted by molar-refractivity contribution is 0.923. The van der Waals surface area contributed by atoms with E-state index in [1.807, 2.05) is 30.3 Å². The predicted molar refractivity (Wildman–Crippen MR) is 80.9 cm³/mol. The molecule has 2 N–H and O–H groups in total. The van der Waals surface area contributed by atoms with Gasteiger partial charge in [0, 0.05) is 24.8 Å². The molecule has 0 aromatic heterocycles. The van der Waals surface area contributed by atoms with Crippen molar-refractivity contribution in [2.45, 2.75) is 6.54 Å². The number of para-hydroxylation sites is 1. The van der Waals surface area contributed by atoms with Gasteiger partial charge in [0.1, 0.15) is 4.99 Å². The third-order valence-electron chi connectivity index (χ3n) is 2.86. The Balaban J connectivity index is 2.08. The summed E-state index contributed by atoms with van der Waals surface area (Å²) in [4.78, 5) is 2.65. The van der Waals surface area contributed by atoms with E-state index in [9.17, 15) is 0 Å². The van der Waals surface area contributed by atoms with Crippen molar-refractivity contribution in [3.05, 3.63) is 65.7 Å². The minimum absolute atomic E-state index is 0.443. The summed E-state index contributed by atoms with van der Waals surface area (Å²) in [6, 6.07) is 18.4. The van der Waals surface area contributed by atoms with Crippen molar-refractivity contribution in [1.29, 1.82) is 0 Å². The van der Waals surface area contributed by atoms with Crippen LogP contribution in [0.5, 0.6) is 0 Å². The van der Waals surface area contributed by atoms with E-state index in [1.54, 1.807) is 0 Å². The average molecular weight is 256 g/mol. The molecule has 2 aromatic rings. The maximum absolute atomic E-state index is 5.58. The molecule has 0 fully saturated rings. The van der Waals surface area contributed by atoms with E-state index in [-0.39, 0.29) is 0 Å². The molecule has 2 rings (SSSR count). The SMILES string of the molecule is CN(Cc1ccc(C(N)=S)cc1)c1ccccc1. The molecule has 0 aliphatic rings. The normalized spacial score (nSPS) is 10.1. The average Bonchev–Trinajstić information content (AvgIpc) is 2.40. The summed E-state index contributed by atoms with van der Waals surface area (Å²) in [5, 5.41) is 0. The molecule has 2 aromatic carbocycles. The number of nitrogens with zero attached hydrogens (tertiary/aromatic N) is 1. The zero-order valence-corrected chi connectivity index (χ0v) is 11.2. The van der Waals surface area contributed by atoms with Gasteiger partial charge in [-0.3, -0.25) is 0 Å². The molecule has 0 saturated carbocycles. The van der Waals surface area contributed by atoms with Crippen molar-refractivity contribution in [2.75, 3.05) is 11.9 Å². The van der Waals surface area contributed by atoms with Crippen LogP contribution >= 0.6 is 12.2 Å². The third kappa shape index (κ3) is 3.08.